The number of pyridine rings is 1. The third-order valence-corrected chi connectivity index (χ3v) is 4.77. The van der Waals surface area contributed by atoms with Crippen LogP contribution in [0.15, 0.2) is 18.3 Å². The fourth-order valence-electron chi connectivity index (χ4n) is 3.45. The minimum absolute atomic E-state index is 0.569. The average molecular weight is 273 g/mol. The molecule has 3 heteroatoms. The van der Waals surface area contributed by atoms with E-state index in [2.05, 4.69) is 34.3 Å². The first-order valence-electron chi connectivity index (χ1n) is 8.34. The second-order valence-electron chi connectivity index (χ2n) is 6.26. The largest absolute Gasteiger partial charge is 0.367 e. The van der Waals surface area contributed by atoms with Crippen LogP contribution in [0.3, 0.4) is 0 Å². The van der Waals surface area contributed by atoms with Crippen LogP contribution in [0, 0.1) is 0 Å². The van der Waals surface area contributed by atoms with Crippen molar-refractivity contribution in [2.45, 2.75) is 64.0 Å². The molecule has 0 aromatic carbocycles. The van der Waals surface area contributed by atoms with Crippen molar-refractivity contribution in [2.75, 3.05) is 18.4 Å². The molecule has 1 saturated carbocycles. The average Bonchev–Trinajstić information content (AvgIpc) is 2.44. The van der Waals surface area contributed by atoms with Gasteiger partial charge in [-0.25, -0.2) is 4.98 Å². The zero-order valence-electron chi connectivity index (χ0n) is 12.6. The molecule has 1 aliphatic heterocycles. The molecule has 2 fully saturated rings. The molecule has 0 radical (unpaired) electrons. The molecule has 1 aromatic rings. The number of anilines is 1. The summed E-state index contributed by atoms with van der Waals surface area (Å²) in [6, 6.07) is 5.61. The first-order chi connectivity index (χ1) is 9.88. The lowest BCUT2D eigenvalue weighted by Gasteiger charge is -2.37. The molecule has 110 valence electrons. The molecule has 0 amide bonds. The first kappa shape index (κ1) is 13.9. The van der Waals surface area contributed by atoms with Crippen molar-refractivity contribution >= 4 is 5.82 Å². The minimum Gasteiger partial charge on any atom is -0.367 e. The Hall–Kier alpha value is -1.09. The van der Waals surface area contributed by atoms with E-state index in [1.54, 1.807) is 0 Å². The van der Waals surface area contributed by atoms with Crippen LogP contribution >= 0.6 is 0 Å². The Morgan fingerprint density at radius 1 is 1.25 bits per heavy atom. The van der Waals surface area contributed by atoms with Crippen LogP contribution in [0.25, 0.3) is 0 Å². The summed E-state index contributed by atoms with van der Waals surface area (Å²) < 4.78 is 0. The lowest BCUT2D eigenvalue weighted by Crippen LogP contribution is -2.35. The first-order valence-corrected chi connectivity index (χ1v) is 8.34. The zero-order valence-corrected chi connectivity index (χ0v) is 12.6. The van der Waals surface area contributed by atoms with E-state index in [0.29, 0.717) is 12.1 Å². The number of aromatic nitrogens is 1. The highest BCUT2D eigenvalue weighted by molar-refractivity contribution is 5.47. The van der Waals surface area contributed by atoms with Gasteiger partial charge in [0, 0.05) is 23.8 Å². The van der Waals surface area contributed by atoms with Gasteiger partial charge in [0.25, 0.3) is 0 Å². The van der Waals surface area contributed by atoms with Crippen LogP contribution in [-0.2, 0) is 0 Å². The number of nitrogens with one attached hydrogen (secondary N) is 1. The molecule has 20 heavy (non-hydrogen) atoms. The number of hydrogen-bond acceptors (Lipinski definition) is 3. The van der Waals surface area contributed by atoms with E-state index in [1.165, 1.54) is 63.6 Å². The number of nitrogens with zero attached hydrogens (tertiary/aromatic N) is 2. The van der Waals surface area contributed by atoms with Crippen molar-refractivity contribution in [3.05, 3.63) is 23.9 Å². The summed E-state index contributed by atoms with van der Waals surface area (Å²) in [5.74, 6) is 1.14. The van der Waals surface area contributed by atoms with Gasteiger partial charge in [-0.05, 0) is 57.7 Å². The molecule has 3 rings (SSSR count). The molecule has 1 atom stereocenters. The van der Waals surface area contributed by atoms with E-state index in [-0.39, 0.29) is 0 Å². The third-order valence-electron chi connectivity index (χ3n) is 4.77. The summed E-state index contributed by atoms with van der Waals surface area (Å²) in [5.41, 5.74) is 1.42. The van der Waals surface area contributed by atoms with Gasteiger partial charge in [0.15, 0.2) is 0 Å². The van der Waals surface area contributed by atoms with Gasteiger partial charge in [0.2, 0.25) is 0 Å². The van der Waals surface area contributed by atoms with Crippen molar-refractivity contribution in [3.63, 3.8) is 0 Å². The standard InChI is InChI=1S/C17H27N3/c1-2-12-20-13-4-3-10-16(20)15-9-6-11-18-17(15)19-14-7-5-8-14/h6,9,11,14,16H,2-5,7-8,10,12-13H2,1H3,(H,18,19). The van der Waals surface area contributed by atoms with Crippen LogP contribution in [0.5, 0.6) is 0 Å². The second-order valence-corrected chi connectivity index (χ2v) is 6.26. The summed E-state index contributed by atoms with van der Waals surface area (Å²) in [6.07, 6.45) is 11.1. The lowest BCUT2D eigenvalue weighted by molar-refractivity contribution is 0.149. The number of likely N-dealkylation sites (tertiary alicyclic amines) is 1. The lowest BCUT2D eigenvalue weighted by atomic mass is 9.91. The third kappa shape index (κ3) is 2.98. The maximum atomic E-state index is 4.63. The fraction of sp³-hybridized carbons (Fsp3) is 0.706. The van der Waals surface area contributed by atoms with Crippen LogP contribution in [0.4, 0.5) is 5.82 Å². The SMILES string of the molecule is CCCN1CCCCC1c1cccnc1NC1CCC1. The Kier molecular flexibility index (Phi) is 4.56. The molecule has 1 saturated heterocycles. The molecule has 1 unspecified atom stereocenters. The predicted molar refractivity (Wildman–Crippen MR) is 84.0 cm³/mol. The highest BCUT2D eigenvalue weighted by atomic mass is 15.2. The molecule has 3 nitrogen and oxygen atoms in total. The molecule has 1 aromatic heterocycles. The Balaban J connectivity index is 1.79. The summed E-state index contributed by atoms with van der Waals surface area (Å²) >= 11 is 0. The quantitative estimate of drug-likeness (QED) is 0.879. The van der Waals surface area contributed by atoms with E-state index in [0.717, 1.165) is 5.82 Å². The number of rotatable bonds is 5. The van der Waals surface area contributed by atoms with Gasteiger partial charge in [-0.1, -0.05) is 19.4 Å². The summed E-state index contributed by atoms with van der Waals surface area (Å²) in [4.78, 5) is 7.29. The van der Waals surface area contributed by atoms with Gasteiger partial charge in [-0.3, -0.25) is 4.90 Å². The topological polar surface area (TPSA) is 28.2 Å². The van der Waals surface area contributed by atoms with E-state index in [1.807, 2.05) is 6.20 Å². The van der Waals surface area contributed by atoms with E-state index in [4.69, 9.17) is 0 Å². The second kappa shape index (κ2) is 6.57. The van der Waals surface area contributed by atoms with Crippen LogP contribution < -0.4 is 5.32 Å². The van der Waals surface area contributed by atoms with Gasteiger partial charge < -0.3 is 5.32 Å². The fourth-order valence-corrected chi connectivity index (χ4v) is 3.45. The van der Waals surface area contributed by atoms with Crippen molar-refractivity contribution in [1.29, 1.82) is 0 Å². The molecule has 2 heterocycles. The highest BCUT2D eigenvalue weighted by Crippen LogP contribution is 2.35. The van der Waals surface area contributed by atoms with Crippen molar-refractivity contribution in [1.82, 2.24) is 9.88 Å². The van der Waals surface area contributed by atoms with E-state index < -0.39 is 0 Å². The Labute approximate surface area is 122 Å². The van der Waals surface area contributed by atoms with Crippen molar-refractivity contribution < 1.29 is 0 Å². The Morgan fingerprint density at radius 2 is 2.15 bits per heavy atom. The van der Waals surface area contributed by atoms with Gasteiger partial charge in [-0.15, -0.1) is 0 Å². The van der Waals surface area contributed by atoms with Gasteiger partial charge in [0.05, 0.1) is 0 Å². The van der Waals surface area contributed by atoms with Crippen molar-refractivity contribution in [2.24, 2.45) is 0 Å². The van der Waals surface area contributed by atoms with Gasteiger partial charge in [0.1, 0.15) is 5.82 Å². The normalized spacial score (nSPS) is 24.4. The molecular formula is C17H27N3. The smallest absolute Gasteiger partial charge is 0.130 e. The van der Waals surface area contributed by atoms with Crippen LogP contribution in [0.2, 0.25) is 0 Å². The number of hydrogen-bond donors (Lipinski definition) is 1. The minimum atomic E-state index is 0.569. The van der Waals surface area contributed by atoms with Gasteiger partial charge in [-0.2, -0.15) is 0 Å². The highest BCUT2D eigenvalue weighted by Gasteiger charge is 2.27. The molecule has 1 N–H and O–H groups in total. The summed E-state index contributed by atoms with van der Waals surface area (Å²) in [6.45, 7) is 4.74. The maximum Gasteiger partial charge on any atom is 0.130 e. The maximum absolute atomic E-state index is 4.63. The molecule has 0 spiro atoms. The van der Waals surface area contributed by atoms with E-state index >= 15 is 0 Å². The van der Waals surface area contributed by atoms with Gasteiger partial charge >= 0.3 is 0 Å². The molecule has 0 bridgehead atoms. The summed E-state index contributed by atoms with van der Waals surface area (Å²) in [7, 11) is 0. The predicted octanol–water partition coefficient (Wildman–Crippen LogP) is 3.98. The van der Waals surface area contributed by atoms with E-state index in [9.17, 15) is 0 Å². The van der Waals surface area contributed by atoms with Crippen LogP contribution in [-0.4, -0.2) is 29.0 Å². The zero-order chi connectivity index (χ0) is 13.8. The molecular weight excluding hydrogens is 246 g/mol. The van der Waals surface area contributed by atoms with Crippen LogP contribution in [0.1, 0.15) is 63.5 Å². The molecule has 1 aliphatic carbocycles. The Bertz CT molecular complexity index is 426. The van der Waals surface area contributed by atoms with Crippen molar-refractivity contribution in [3.8, 4) is 0 Å². The monoisotopic (exact) mass is 273 g/mol. The molecule has 2 aliphatic rings. The summed E-state index contributed by atoms with van der Waals surface area (Å²) in [5, 5.41) is 3.67. The Morgan fingerprint density at radius 3 is 2.90 bits per heavy atom. The number of piperidine rings is 1.